The summed E-state index contributed by atoms with van der Waals surface area (Å²) in [5, 5.41) is 5.40. The van der Waals surface area contributed by atoms with Gasteiger partial charge in [-0.3, -0.25) is 5.10 Å². The van der Waals surface area contributed by atoms with Crippen LogP contribution in [0.5, 0.6) is 0 Å². The Morgan fingerprint density at radius 3 is 2.75 bits per heavy atom. The van der Waals surface area contributed by atoms with Gasteiger partial charge in [-0.05, 0) is 23.7 Å². The number of hydrogen-bond acceptors (Lipinski definition) is 4. The summed E-state index contributed by atoms with van der Waals surface area (Å²) in [4.78, 5) is 12.6. The molecule has 24 heavy (non-hydrogen) atoms. The van der Waals surface area contributed by atoms with Gasteiger partial charge in [0, 0.05) is 17.8 Å². The van der Waals surface area contributed by atoms with Gasteiger partial charge in [-0.2, -0.15) is 4.98 Å². The second-order valence-corrected chi connectivity index (χ2v) is 7.23. The Morgan fingerprint density at radius 1 is 1.25 bits per heavy atom. The first-order valence-corrected chi connectivity index (χ1v) is 9.34. The molecular formula is C16H20N6S2+2. The largest absolute Gasteiger partial charge is 0.360 e. The fraction of sp³-hybridized carbons (Fsp3) is 0.312. The SMILES string of the molecule is S=c1nc(-c2cccs2)[nH]n1C[NH+]1CCN(c2cc[nH+]cc2)CC1. The van der Waals surface area contributed by atoms with Crippen molar-refractivity contribution in [3.05, 3.63) is 46.8 Å². The number of thiophene rings is 1. The second kappa shape index (κ2) is 6.84. The van der Waals surface area contributed by atoms with Crippen molar-refractivity contribution in [1.29, 1.82) is 0 Å². The molecule has 0 radical (unpaired) electrons. The fourth-order valence-corrected chi connectivity index (χ4v) is 3.90. The van der Waals surface area contributed by atoms with Crippen LogP contribution in [0.2, 0.25) is 0 Å². The lowest BCUT2D eigenvalue weighted by molar-refractivity contribution is -0.924. The van der Waals surface area contributed by atoms with Crippen LogP contribution in [-0.4, -0.2) is 40.9 Å². The highest BCUT2D eigenvalue weighted by atomic mass is 32.1. The number of H-pyrrole nitrogens is 2. The van der Waals surface area contributed by atoms with E-state index < -0.39 is 0 Å². The van der Waals surface area contributed by atoms with Gasteiger partial charge >= 0.3 is 0 Å². The van der Waals surface area contributed by atoms with E-state index in [1.165, 1.54) is 10.6 Å². The highest BCUT2D eigenvalue weighted by Gasteiger charge is 2.21. The van der Waals surface area contributed by atoms with Crippen molar-refractivity contribution in [2.24, 2.45) is 0 Å². The summed E-state index contributed by atoms with van der Waals surface area (Å²) in [5.41, 5.74) is 1.28. The maximum absolute atomic E-state index is 5.41. The average Bonchev–Trinajstić information content (AvgIpc) is 3.27. The van der Waals surface area contributed by atoms with Gasteiger partial charge in [0.05, 0.1) is 31.1 Å². The predicted octanol–water partition coefficient (Wildman–Crippen LogP) is 0.846. The highest BCUT2D eigenvalue weighted by Crippen LogP contribution is 2.20. The molecule has 1 saturated heterocycles. The van der Waals surface area contributed by atoms with E-state index in [2.05, 4.69) is 43.5 Å². The zero-order valence-electron chi connectivity index (χ0n) is 13.2. The Hall–Kier alpha value is -2.03. The Balaban J connectivity index is 1.40. The van der Waals surface area contributed by atoms with Crippen LogP contribution in [0, 0.1) is 4.77 Å². The fourth-order valence-electron chi connectivity index (χ4n) is 3.04. The van der Waals surface area contributed by atoms with Crippen molar-refractivity contribution in [2.45, 2.75) is 6.67 Å². The van der Waals surface area contributed by atoms with E-state index >= 15 is 0 Å². The summed E-state index contributed by atoms with van der Waals surface area (Å²) in [6.45, 7) is 5.13. The summed E-state index contributed by atoms with van der Waals surface area (Å²) < 4.78 is 2.62. The van der Waals surface area contributed by atoms with Gasteiger partial charge < -0.3 is 9.80 Å². The summed E-state index contributed by atoms with van der Waals surface area (Å²) in [7, 11) is 0. The molecule has 0 saturated carbocycles. The van der Waals surface area contributed by atoms with Crippen LogP contribution < -0.4 is 14.8 Å². The lowest BCUT2D eigenvalue weighted by Crippen LogP contribution is -3.14. The standard InChI is InChI=1S/C16H18N6S2/c23-16-18-15(14-2-1-11-24-14)19-22(16)12-20-7-9-21(10-8-20)13-3-5-17-6-4-13/h1-6,11H,7-10,12H2,(H,18,19,23)/p+2. The zero-order valence-corrected chi connectivity index (χ0v) is 14.9. The van der Waals surface area contributed by atoms with Crippen LogP contribution in [0.3, 0.4) is 0 Å². The number of aromatic nitrogens is 4. The molecule has 0 aliphatic carbocycles. The minimum Gasteiger partial charge on any atom is -0.360 e. The Labute approximate surface area is 149 Å². The smallest absolute Gasteiger partial charge is 0.221 e. The van der Waals surface area contributed by atoms with Gasteiger partial charge in [-0.25, -0.2) is 9.67 Å². The topological polar surface area (TPSA) is 55.4 Å². The van der Waals surface area contributed by atoms with Crippen LogP contribution in [-0.2, 0) is 6.67 Å². The molecule has 0 spiro atoms. The third-order valence-corrected chi connectivity index (χ3v) is 5.54. The van der Waals surface area contributed by atoms with Crippen molar-refractivity contribution in [1.82, 2.24) is 14.8 Å². The number of anilines is 1. The molecule has 4 heterocycles. The third kappa shape index (κ3) is 3.26. The Bertz CT molecular complexity index is 831. The molecule has 1 fully saturated rings. The number of rotatable bonds is 4. The maximum Gasteiger partial charge on any atom is 0.221 e. The van der Waals surface area contributed by atoms with E-state index in [4.69, 9.17) is 12.2 Å². The first-order valence-electron chi connectivity index (χ1n) is 8.05. The summed E-state index contributed by atoms with van der Waals surface area (Å²) in [5.74, 6) is 0.869. The van der Waals surface area contributed by atoms with Gasteiger partial charge in [-0.15, -0.1) is 11.3 Å². The number of hydrogen-bond donors (Lipinski definition) is 2. The number of quaternary nitrogens is 1. The first-order chi connectivity index (χ1) is 11.8. The normalized spacial score (nSPS) is 15.8. The molecule has 0 unspecified atom stereocenters. The average molecular weight is 361 g/mol. The monoisotopic (exact) mass is 360 g/mol. The molecule has 8 heteroatoms. The highest BCUT2D eigenvalue weighted by molar-refractivity contribution is 7.71. The van der Waals surface area contributed by atoms with Crippen molar-refractivity contribution >= 4 is 29.2 Å². The molecule has 1 aliphatic rings. The van der Waals surface area contributed by atoms with Crippen molar-refractivity contribution in [3.8, 4) is 10.7 Å². The van der Waals surface area contributed by atoms with Crippen LogP contribution in [0.25, 0.3) is 10.7 Å². The molecule has 3 aromatic heterocycles. The third-order valence-electron chi connectivity index (χ3n) is 4.35. The maximum atomic E-state index is 5.41. The van der Waals surface area contributed by atoms with Crippen molar-refractivity contribution in [2.75, 3.05) is 31.1 Å². The van der Waals surface area contributed by atoms with Crippen LogP contribution in [0.4, 0.5) is 5.69 Å². The van der Waals surface area contributed by atoms with Gasteiger partial charge in [0.15, 0.2) is 24.9 Å². The Kier molecular flexibility index (Phi) is 4.42. The number of nitrogens with zero attached hydrogens (tertiary/aromatic N) is 3. The molecule has 6 nitrogen and oxygen atoms in total. The van der Waals surface area contributed by atoms with E-state index in [0.29, 0.717) is 4.77 Å². The molecular weight excluding hydrogens is 340 g/mol. The molecule has 0 aromatic carbocycles. The van der Waals surface area contributed by atoms with E-state index in [0.717, 1.165) is 43.5 Å². The van der Waals surface area contributed by atoms with Crippen molar-refractivity contribution in [3.63, 3.8) is 0 Å². The van der Waals surface area contributed by atoms with Gasteiger partial charge in [-0.1, -0.05) is 6.07 Å². The molecule has 1 aliphatic heterocycles. The molecule has 0 amide bonds. The molecule has 0 bridgehead atoms. The van der Waals surface area contributed by atoms with Crippen LogP contribution >= 0.6 is 23.6 Å². The minimum absolute atomic E-state index is 0.631. The van der Waals surface area contributed by atoms with E-state index in [1.807, 2.05) is 23.1 Å². The zero-order chi connectivity index (χ0) is 16.4. The molecule has 3 aromatic rings. The molecule has 0 atom stereocenters. The van der Waals surface area contributed by atoms with E-state index in [9.17, 15) is 0 Å². The van der Waals surface area contributed by atoms with Gasteiger partial charge in [0.25, 0.3) is 0 Å². The summed E-state index contributed by atoms with van der Waals surface area (Å²) in [6, 6.07) is 8.35. The second-order valence-electron chi connectivity index (χ2n) is 5.91. The van der Waals surface area contributed by atoms with Crippen LogP contribution in [0.15, 0.2) is 42.0 Å². The van der Waals surface area contributed by atoms with Gasteiger partial charge in [0.2, 0.25) is 4.77 Å². The van der Waals surface area contributed by atoms with Gasteiger partial charge in [0.1, 0.15) is 0 Å². The quantitative estimate of drug-likeness (QED) is 0.678. The number of nitrogens with one attached hydrogen (secondary N) is 3. The van der Waals surface area contributed by atoms with Crippen LogP contribution in [0.1, 0.15) is 0 Å². The summed E-state index contributed by atoms with van der Waals surface area (Å²) >= 11 is 7.09. The summed E-state index contributed by atoms with van der Waals surface area (Å²) in [6.07, 6.45) is 3.95. The number of piperazine rings is 1. The van der Waals surface area contributed by atoms with E-state index in [-0.39, 0.29) is 0 Å². The van der Waals surface area contributed by atoms with E-state index in [1.54, 1.807) is 11.3 Å². The first kappa shape index (κ1) is 15.5. The lowest BCUT2D eigenvalue weighted by Gasteiger charge is -2.33. The van der Waals surface area contributed by atoms with Crippen molar-refractivity contribution < 1.29 is 9.88 Å². The Morgan fingerprint density at radius 2 is 2.04 bits per heavy atom. The molecule has 4 rings (SSSR count). The minimum atomic E-state index is 0.631. The molecule has 3 N–H and O–H groups in total. The molecule has 124 valence electrons. The lowest BCUT2D eigenvalue weighted by atomic mass is 10.3. The predicted molar refractivity (Wildman–Crippen MR) is 96.6 cm³/mol. The number of aromatic amines is 2. The number of pyridine rings is 1.